The summed E-state index contributed by atoms with van der Waals surface area (Å²) in [6, 6.07) is 17.6. The van der Waals surface area contributed by atoms with Crippen LogP contribution in [0.15, 0.2) is 54.9 Å². The Balaban J connectivity index is 0.665. The van der Waals surface area contributed by atoms with Gasteiger partial charge in [-0.05, 0) is 58.7 Å². The van der Waals surface area contributed by atoms with Gasteiger partial charge in [0.2, 0.25) is 5.69 Å². The molecule has 2 aromatic carbocycles. The average molecular weight is 1100 g/mol. The first-order valence-corrected chi connectivity index (χ1v) is 31.4. The first kappa shape index (κ1) is 47.5. The van der Waals surface area contributed by atoms with Gasteiger partial charge in [0.1, 0.15) is 10.9 Å². The summed E-state index contributed by atoms with van der Waals surface area (Å²) in [4.78, 5) is 84.6. The van der Waals surface area contributed by atoms with Crippen molar-refractivity contribution in [2.45, 2.75) is 133 Å². The number of aromatic nitrogens is 3. The molecule has 2 aromatic heterocycles. The number of amides is 5. The molecule has 3 saturated carbocycles. The molecule has 16 heteroatoms. The van der Waals surface area contributed by atoms with E-state index in [2.05, 4.69) is 72.6 Å². The SMILES string of the molecule is CC(C)n1cnc2cc(-c3ccc4c(c3)[N+](=C3CC(N5CCCCC5)C3)C(=O)C43CCN(C(=O)C4C5CC4CN(C(=O)C4CCI(Oc6ccc(C7CCC(=O)NC7=O)cc6)CC4)C5)CC3)nc(NC3CC3)c21. The quantitative estimate of drug-likeness (QED) is 0.0691. The number of hydrogen-bond donors (Lipinski definition) is 2. The Morgan fingerprint density at radius 1 is 0.863 bits per heavy atom. The van der Waals surface area contributed by atoms with Gasteiger partial charge in [-0.2, -0.15) is 0 Å². The van der Waals surface area contributed by atoms with Gasteiger partial charge in [-0.1, -0.05) is 18.6 Å². The van der Waals surface area contributed by atoms with E-state index in [1.807, 2.05) is 30.6 Å². The number of imide groups is 1. The number of fused-ring (bicyclic) bond motifs is 5. The molecule has 7 aliphatic heterocycles. The van der Waals surface area contributed by atoms with Gasteiger partial charge in [-0.3, -0.25) is 4.90 Å². The zero-order valence-corrected chi connectivity index (χ0v) is 44.5. The Morgan fingerprint density at radius 3 is 2.30 bits per heavy atom. The van der Waals surface area contributed by atoms with Crippen LogP contribution in [0.5, 0.6) is 5.75 Å². The molecule has 14 rings (SSSR count). The number of carbonyl (C=O) groups excluding carboxylic acids is 5. The van der Waals surface area contributed by atoms with Crippen LogP contribution in [0.2, 0.25) is 0 Å². The van der Waals surface area contributed by atoms with E-state index in [4.69, 9.17) is 13.0 Å². The first-order valence-electron chi connectivity index (χ1n) is 27.5. The van der Waals surface area contributed by atoms with Crippen LogP contribution in [0.25, 0.3) is 22.3 Å². The number of halogens is 1. The van der Waals surface area contributed by atoms with Crippen molar-refractivity contribution < 1.29 is 31.6 Å². The van der Waals surface area contributed by atoms with Gasteiger partial charge in [0.05, 0.1) is 17.5 Å². The van der Waals surface area contributed by atoms with Gasteiger partial charge in [-0.25, -0.2) is 14.8 Å². The first-order chi connectivity index (χ1) is 35.5. The van der Waals surface area contributed by atoms with Crippen LogP contribution in [0.3, 0.4) is 0 Å². The maximum atomic E-state index is 15.3. The Kier molecular flexibility index (Phi) is 12.3. The number of anilines is 1. The predicted octanol–water partition coefficient (Wildman–Crippen LogP) is 7.91. The van der Waals surface area contributed by atoms with E-state index in [0.717, 1.165) is 118 Å². The fourth-order valence-electron chi connectivity index (χ4n) is 13.9. The third kappa shape index (κ3) is 8.57. The van der Waals surface area contributed by atoms with E-state index in [9.17, 15) is 19.2 Å². The number of benzene rings is 2. The van der Waals surface area contributed by atoms with Crippen molar-refractivity contribution >= 4 is 78.0 Å². The van der Waals surface area contributed by atoms with Crippen molar-refractivity contribution in [2.24, 2.45) is 23.7 Å². The van der Waals surface area contributed by atoms with E-state index >= 15 is 4.79 Å². The van der Waals surface area contributed by atoms with Crippen LogP contribution in [-0.4, -0.2) is 129 Å². The zero-order valence-electron chi connectivity index (χ0n) is 42.3. The summed E-state index contributed by atoms with van der Waals surface area (Å²) in [6.07, 6.45) is 14.6. The average Bonchev–Trinajstić information content (AvgIpc) is 4.05. The van der Waals surface area contributed by atoms with E-state index in [0.29, 0.717) is 63.9 Å². The Hall–Kier alpha value is -5.23. The van der Waals surface area contributed by atoms with Gasteiger partial charge in [0.25, 0.3) is 0 Å². The number of nitrogens with one attached hydrogen (secondary N) is 2. The molecule has 5 amide bonds. The van der Waals surface area contributed by atoms with E-state index in [1.165, 1.54) is 25.0 Å². The minimum absolute atomic E-state index is 0.00418. The predicted molar refractivity (Wildman–Crippen MR) is 286 cm³/mol. The van der Waals surface area contributed by atoms with Gasteiger partial charge in [0.15, 0.2) is 11.5 Å². The second kappa shape index (κ2) is 18.9. The molecule has 3 aliphatic carbocycles. The fourth-order valence-corrected chi connectivity index (χ4v) is 18.7. The molecule has 73 heavy (non-hydrogen) atoms. The third-order valence-corrected chi connectivity index (χ3v) is 23.1. The summed E-state index contributed by atoms with van der Waals surface area (Å²) in [5.74, 6) is 1.88. The summed E-state index contributed by atoms with van der Waals surface area (Å²) in [6.45, 7) is 9.04. The van der Waals surface area contributed by atoms with E-state index in [1.54, 1.807) is 0 Å². The van der Waals surface area contributed by atoms with Crippen molar-refractivity contribution in [1.82, 2.24) is 34.6 Å². The summed E-state index contributed by atoms with van der Waals surface area (Å²) in [5.41, 5.74) is 7.28. The van der Waals surface area contributed by atoms with Crippen molar-refractivity contribution in [3.05, 3.63) is 66.0 Å². The Labute approximate surface area is 435 Å². The number of alkyl halides is 2. The smallest absolute Gasteiger partial charge is 0.366 e. The number of pyridine rings is 1. The van der Waals surface area contributed by atoms with Gasteiger partial charge in [0, 0.05) is 48.2 Å². The molecule has 6 saturated heterocycles. The van der Waals surface area contributed by atoms with Crippen molar-refractivity contribution in [3.63, 3.8) is 0 Å². The normalized spacial score (nSPS) is 27.8. The zero-order chi connectivity index (χ0) is 49.7. The molecule has 15 nitrogen and oxygen atoms in total. The van der Waals surface area contributed by atoms with E-state index < -0.39 is 25.6 Å². The number of piperidine rings is 5. The van der Waals surface area contributed by atoms with Crippen LogP contribution in [0.4, 0.5) is 11.5 Å². The molecule has 4 aromatic rings. The van der Waals surface area contributed by atoms with Gasteiger partial charge < -0.3 is 9.88 Å². The molecule has 3 atom stereocenters. The van der Waals surface area contributed by atoms with Crippen LogP contribution in [-0.2, 0) is 29.4 Å². The third-order valence-electron chi connectivity index (χ3n) is 18.3. The standard InChI is InChI=1S/C57H68IN9O6/c1-34(2)66-33-59-47-30-46(61-52(51(47)66)60-40-9-10-40)37-8-14-45-48(27-37)67(42-28-41(29-42)63-22-4-3-5-23-63)56(72)57(45)18-24-64(25-19-57)55(71)50-38-26-39(50)32-65(31-38)54(70)36-16-20-58(21-17-36)73-43-11-6-35(7-12-43)44-13-15-49(68)62-53(44)69/h6-8,11-12,14,27,30,33-34,36,38-41,44,50H,3-5,9-10,13,15-26,28-29,31-32H2,1-2H3,(H-,60,61,62,68,69)/p+1. The molecule has 2 N–H and O–H groups in total. The monoisotopic (exact) mass is 1100 g/mol. The number of nitrogens with zero attached hydrogens (tertiary/aromatic N) is 7. The molecule has 3 unspecified atom stereocenters. The van der Waals surface area contributed by atoms with Crippen molar-refractivity contribution in [3.8, 4) is 17.0 Å². The van der Waals surface area contributed by atoms with Crippen molar-refractivity contribution in [2.75, 3.05) is 53.4 Å². The number of likely N-dealkylation sites (tertiary alicyclic amines) is 2. The Morgan fingerprint density at radius 2 is 1.60 bits per heavy atom. The summed E-state index contributed by atoms with van der Waals surface area (Å²) >= 11 is -1.75. The van der Waals surface area contributed by atoms with Gasteiger partial charge in [-0.15, -0.1) is 4.58 Å². The Bertz CT molecular complexity index is 2910. The van der Waals surface area contributed by atoms with Gasteiger partial charge >= 0.3 is 232 Å². The molecular weight excluding hydrogens is 1030 g/mol. The van der Waals surface area contributed by atoms with Crippen LogP contribution < -0.4 is 13.7 Å². The molecule has 384 valence electrons. The number of carbonyl (C=O) groups is 5. The van der Waals surface area contributed by atoms with Crippen LogP contribution in [0.1, 0.15) is 127 Å². The number of imidazole rings is 1. The molecule has 2 bridgehead atoms. The molecule has 9 heterocycles. The van der Waals surface area contributed by atoms with Crippen LogP contribution >= 0.6 is 20.2 Å². The summed E-state index contributed by atoms with van der Waals surface area (Å²) < 4.78 is 12.7. The second-order valence-electron chi connectivity index (χ2n) is 23.1. The minimum Gasteiger partial charge on any atom is -0.366 e. The van der Waals surface area contributed by atoms with Crippen molar-refractivity contribution in [1.29, 1.82) is 0 Å². The summed E-state index contributed by atoms with van der Waals surface area (Å²) in [5, 5.41) is 6.15. The topological polar surface area (TPSA) is 162 Å². The number of hydrogen-bond acceptors (Lipinski definition) is 10. The molecule has 0 radical (unpaired) electrons. The summed E-state index contributed by atoms with van der Waals surface area (Å²) in [7, 11) is 0. The van der Waals surface area contributed by atoms with E-state index in [-0.39, 0.29) is 65.2 Å². The number of rotatable bonds is 10. The molecular formula is C57H69IN9O6+. The molecule has 1 spiro atoms. The maximum absolute atomic E-state index is 15.3. The fraction of sp³-hybridized carbons (Fsp3) is 0.579. The minimum atomic E-state index is -1.75. The second-order valence-corrected chi connectivity index (χ2v) is 28.0. The van der Waals surface area contributed by atoms with Crippen LogP contribution in [0, 0.1) is 23.7 Å². The molecule has 9 fully saturated rings. The molecule has 10 aliphatic rings.